The number of aldehydes is 1. The van der Waals surface area contributed by atoms with Gasteiger partial charge in [0.15, 0.2) is 17.1 Å². The molecule has 5 heteroatoms. The predicted octanol–water partition coefficient (Wildman–Crippen LogP) is 4.15. The number of benzene rings is 1. The summed E-state index contributed by atoms with van der Waals surface area (Å²) in [6, 6.07) is 10.1. The number of nitrogens with zero attached hydrogens (tertiary/aromatic N) is 3. The number of hydrogen-bond donors (Lipinski definition) is 0. The van der Waals surface area contributed by atoms with Gasteiger partial charge in [0.2, 0.25) is 0 Å². The minimum atomic E-state index is 0.617. The number of anilines is 2. The highest BCUT2D eigenvalue weighted by Crippen LogP contribution is 2.29. The van der Waals surface area contributed by atoms with Gasteiger partial charge in [0.25, 0.3) is 0 Å². The Morgan fingerprint density at radius 3 is 2.86 bits per heavy atom. The Labute approximate surface area is 127 Å². The predicted molar refractivity (Wildman–Crippen MR) is 86.8 cm³/mol. The van der Waals surface area contributed by atoms with E-state index in [4.69, 9.17) is 0 Å². The van der Waals surface area contributed by atoms with E-state index in [1.165, 1.54) is 0 Å². The zero-order valence-electron chi connectivity index (χ0n) is 11.9. The number of aromatic nitrogens is 2. The van der Waals surface area contributed by atoms with Crippen molar-refractivity contribution in [2.75, 3.05) is 11.4 Å². The van der Waals surface area contributed by atoms with Crippen molar-refractivity contribution < 1.29 is 4.79 Å². The van der Waals surface area contributed by atoms with Gasteiger partial charge in [0, 0.05) is 23.8 Å². The first-order valence-electron chi connectivity index (χ1n) is 7.08. The van der Waals surface area contributed by atoms with Crippen LogP contribution in [0.5, 0.6) is 0 Å². The van der Waals surface area contributed by atoms with Crippen LogP contribution in [0.25, 0.3) is 4.96 Å². The van der Waals surface area contributed by atoms with Gasteiger partial charge < -0.3 is 4.90 Å². The SMILES string of the molecule is CCCCN(c1ccccc1)c1nc2sccn2c1C=O. The topological polar surface area (TPSA) is 37.6 Å². The lowest BCUT2D eigenvalue weighted by Crippen LogP contribution is -2.20. The molecule has 3 aromatic rings. The highest BCUT2D eigenvalue weighted by molar-refractivity contribution is 7.15. The molecule has 2 heterocycles. The first kappa shape index (κ1) is 13.8. The Bertz CT molecular complexity index is 732. The van der Waals surface area contributed by atoms with Gasteiger partial charge in [0.05, 0.1) is 0 Å². The fourth-order valence-electron chi connectivity index (χ4n) is 2.38. The Hall–Kier alpha value is -2.14. The van der Waals surface area contributed by atoms with E-state index in [9.17, 15) is 4.79 Å². The van der Waals surface area contributed by atoms with Gasteiger partial charge in [-0.1, -0.05) is 31.5 Å². The number of rotatable bonds is 6. The van der Waals surface area contributed by atoms with Crippen LogP contribution in [-0.2, 0) is 0 Å². The number of carbonyl (C=O) groups excluding carboxylic acids is 1. The Balaban J connectivity index is 2.09. The number of hydrogen-bond acceptors (Lipinski definition) is 4. The summed E-state index contributed by atoms with van der Waals surface area (Å²) >= 11 is 1.54. The summed E-state index contributed by atoms with van der Waals surface area (Å²) in [4.78, 5) is 19.2. The van der Waals surface area contributed by atoms with Crippen LogP contribution in [0.4, 0.5) is 11.5 Å². The summed E-state index contributed by atoms with van der Waals surface area (Å²) in [5.74, 6) is 0.747. The third kappa shape index (κ3) is 2.56. The average Bonchev–Trinajstić information content (AvgIpc) is 3.09. The molecule has 0 aliphatic carbocycles. The van der Waals surface area contributed by atoms with Crippen molar-refractivity contribution in [1.82, 2.24) is 9.38 Å². The Kier molecular flexibility index (Phi) is 4.01. The molecule has 0 spiro atoms. The van der Waals surface area contributed by atoms with Crippen molar-refractivity contribution in [2.45, 2.75) is 19.8 Å². The second kappa shape index (κ2) is 6.10. The normalized spacial score (nSPS) is 10.9. The molecule has 0 aliphatic rings. The molecule has 2 aromatic heterocycles. The second-order valence-electron chi connectivity index (χ2n) is 4.83. The van der Waals surface area contributed by atoms with Crippen LogP contribution in [0.1, 0.15) is 30.3 Å². The fourth-order valence-corrected chi connectivity index (χ4v) is 3.10. The summed E-state index contributed by atoms with van der Waals surface area (Å²) in [5, 5.41) is 1.94. The molecule has 0 atom stereocenters. The summed E-state index contributed by atoms with van der Waals surface area (Å²) < 4.78 is 1.86. The molecule has 0 radical (unpaired) electrons. The van der Waals surface area contributed by atoms with Crippen molar-refractivity contribution in [2.24, 2.45) is 0 Å². The van der Waals surface area contributed by atoms with Gasteiger partial charge in [0.1, 0.15) is 5.69 Å². The number of fused-ring (bicyclic) bond motifs is 1. The van der Waals surface area contributed by atoms with E-state index in [0.717, 1.165) is 42.1 Å². The van der Waals surface area contributed by atoms with Gasteiger partial charge in [-0.3, -0.25) is 9.20 Å². The van der Waals surface area contributed by atoms with Crippen LogP contribution in [0, 0.1) is 0 Å². The molecule has 0 bridgehead atoms. The molecule has 0 amide bonds. The van der Waals surface area contributed by atoms with Gasteiger partial charge in [-0.25, -0.2) is 4.98 Å². The van der Waals surface area contributed by atoms with Crippen LogP contribution in [0.15, 0.2) is 41.9 Å². The number of para-hydroxylation sites is 1. The van der Waals surface area contributed by atoms with Crippen LogP contribution < -0.4 is 4.90 Å². The molecular weight excluding hydrogens is 282 g/mol. The van der Waals surface area contributed by atoms with Crippen molar-refractivity contribution in [3.8, 4) is 0 Å². The highest BCUT2D eigenvalue weighted by Gasteiger charge is 2.19. The smallest absolute Gasteiger partial charge is 0.196 e. The monoisotopic (exact) mass is 299 g/mol. The lowest BCUT2D eigenvalue weighted by molar-refractivity contribution is 0.111. The minimum Gasteiger partial charge on any atom is -0.324 e. The molecular formula is C16H17N3OS. The van der Waals surface area contributed by atoms with Crippen molar-refractivity contribution in [3.63, 3.8) is 0 Å². The number of carbonyl (C=O) groups is 1. The first-order chi connectivity index (χ1) is 10.3. The number of unbranched alkanes of at least 4 members (excludes halogenated alkanes) is 1. The molecule has 4 nitrogen and oxygen atoms in total. The Morgan fingerprint density at radius 2 is 2.14 bits per heavy atom. The van der Waals surface area contributed by atoms with E-state index in [-0.39, 0.29) is 0 Å². The van der Waals surface area contributed by atoms with Gasteiger partial charge in [-0.2, -0.15) is 0 Å². The maximum Gasteiger partial charge on any atom is 0.196 e. The first-order valence-corrected chi connectivity index (χ1v) is 7.96. The molecule has 0 saturated heterocycles. The quantitative estimate of drug-likeness (QED) is 0.642. The lowest BCUT2D eigenvalue weighted by atomic mass is 10.2. The van der Waals surface area contributed by atoms with E-state index >= 15 is 0 Å². The number of imidazole rings is 1. The van der Waals surface area contributed by atoms with Crippen LogP contribution in [-0.4, -0.2) is 22.2 Å². The second-order valence-corrected chi connectivity index (χ2v) is 5.71. The van der Waals surface area contributed by atoms with E-state index in [1.54, 1.807) is 11.3 Å². The zero-order chi connectivity index (χ0) is 14.7. The summed E-state index contributed by atoms with van der Waals surface area (Å²) in [5.41, 5.74) is 1.69. The molecule has 21 heavy (non-hydrogen) atoms. The highest BCUT2D eigenvalue weighted by atomic mass is 32.1. The minimum absolute atomic E-state index is 0.617. The summed E-state index contributed by atoms with van der Waals surface area (Å²) in [6.45, 7) is 3.02. The molecule has 3 rings (SSSR count). The average molecular weight is 299 g/mol. The van der Waals surface area contributed by atoms with Crippen LogP contribution >= 0.6 is 11.3 Å². The molecule has 0 saturated carbocycles. The van der Waals surface area contributed by atoms with Crippen LogP contribution in [0.2, 0.25) is 0 Å². The third-order valence-electron chi connectivity index (χ3n) is 3.45. The zero-order valence-corrected chi connectivity index (χ0v) is 12.7. The van der Waals surface area contributed by atoms with E-state index < -0.39 is 0 Å². The lowest BCUT2D eigenvalue weighted by Gasteiger charge is -2.23. The van der Waals surface area contributed by atoms with E-state index in [1.807, 2.05) is 34.2 Å². The molecule has 1 aromatic carbocycles. The standard InChI is InChI=1S/C16H17N3OS/c1-2-3-9-18(13-7-5-4-6-8-13)15-14(12-20)19-10-11-21-16(19)17-15/h4-8,10-12H,2-3,9H2,1H3. The molecule has 0 unspecified atom stereocenters. The maximum absolute atomic E-state index is 11.5. The fraction of sp³-hybridized carbons (Fsp3) is 0.250. The molecule has 0 fully saturated rings. The molecule has 0 N–H and O–H groups in total. The maximum atomic E-state index is 11.5. The van der Waals surface area contributed by atoms with Gasteiger partial charge in [-0.05, 0) is 18.6 Å². The number of thiazole rings is 1. The molecule has 108 valence electrons. The van der Waals surface area contributed by atoms with Crippen molar-refractivity contribution in [3.05, 3.63) is 47.6 Å². The van der Waals surface area contributed by atoms with Crippen molar-refractivity contribution >= 4 is 34.1 Å². The van der Waals surface area contributed by atoms with Gasteiger partial charge >= 0.3 is 0 Å². The summed E-state index contributed by atoms with van der Waals surface area (Å²) in [6.07, 6.45) is 4.94. The van der Waals surface area contributed by atoms with Crippen LogP contribution in [0.3, 0.4) is 0 Å². The van der Waals surface area contributed by atoms with Crippen molar-refractivity contribution in [1.29, 1.82) is 0 Å². The Morgan fingerprint density at radius 1 is 1.33 bits per heavy atom. The van der Waals surface area contributed by atoms with E-state index in [0.29, 0.717) is 5.69 Å². The molecule has 0 aliphatic heterocycles. The third-order valence-corrected chi connectivity index (χ3v) is 4.21. The summed E-state index contributed by atoms with van der Waals surface area (Å²) in [7, 11) is 0. The largest absolute Gasteiger partial charge is 0.324 e. The van der Waals surface area contributed by atoms with Gasteiger partial charge in [-0.15, -0.1) is 11.3 Å². The van der Waals surface area contributed by atoms with E-state index in [2.05, 4.69) is 28.9 Å².